The molecule has 7 nitrogen and oxygen atoms in total. The number of phenols is 1. The van der Waals surface area contributed by atoms with Crippen LogP contribution in [0.15, 0.2) is 78.4 Å². The van der Waals surface area contributed by atoms with E-state index in [1.54, 1.807) is 60.7 Å². The highest BCUT2D eigenvalue weighted by molar-refractivity contribution is 6.51. The molecule has 1 atom stereocenters. The van der Waals surface area contributed by atoms with Gasteiger partial charge in [0, 0.05) is 11.3 Å². The average molecular weight is 469 g/mol. The van der Waals surface area contributed by atoms with Crippen LogP contribution in [-0.4, -0.2) is 28.5 Å². The number of aliphatic hydroxyl groups is 1. The third-order valence-electron chi connectivity index (χ3n) is 5.60. The number of hydrogen-bond donors (Lipinski definition) is 2. The van der Waals surface area contributed by atoms with Crippen LogP contribution in [0.3, 0.4) is 0 Å². The molecule has 1 aliphatic heterocycles. The molecule has 1 fully saturated rings. The number of ketones is 1. The van der Waals surface area contributed by atoms with Gasteiger partial charge >= 0.3 is 0 Å². The minimum absolute atomic E-state index is 0.0444. The van der Waals surface area contributed by atoms with Crippen molar-refractivity contribution < 1.29 is 24.5 Å². The fraction of sp³-hybridized carbons (Fsp3) is 0.179. The number of phenolic OH excluding ortho intramolecular Hbond substituents is 1. The van der Waals surface area contributed by atoms with Gasteiger partial charge in [-0.05, 0) is 60.0 Å². The number of carbonyl (C=O) groups excluding carboxylic acids is 2. The summed E-state index contributed by atoms with van der Waals surface area (Å²) in [6.45, 7) is 4.52. The molecule has 1 unspecified atom stereocenters. The van der Waals surface area contributed by atoms with E-state index in [4.69, 9.17) is 10.00 Å². The van der Waals surface area contributed by atoms with Crippen molar-refractivity contribution in [3.8, 4) is 17.6 Å². The van der Waals surface area contributed by atoms with E-state index >= 15 is 0 Å². The molecule has 0 bridgehead atoms. The molecule has 1 aliphatic rings. The highest BCUT2D eigenvalue weighted by Crippen LogP contribution is 2.43. The third-order valence-corrected chi connectivity index (χ3v) is 5.60. The molecule has 0 saturated carbocycles. The average Bonchev–Trinajstić information content (AvgIpc) is 3.13. The maximum atomic E-state index is 13.2. The minimum atomic E-state index is -0.990. The van der Waals surface area contributed by atoms with E-state index in [0.717, 1.165) is 0 Å². The van der Waals surface area contributed by atoms with E-state index in [9.17, 15) is 19.8 Å². The van der Waals surface area contributed by atoms with Gasteiger partial charge in [-0.2, -0.15) is 5.26 Å². The fourth-order valence-electron chi connectivity index (χ4n) is 3.96. The van der Waals surface area contributed by atoms with E-state index in [1.165, 1.54) is 17.0 Å². The van der Waals surface area contributed by atoms with Crippen molar-refractivity contribution in [3.63, 3.8) is 0 Å². The zero-order valence-electron chi connectivity index (χ0n) is 19.3. The number of hydrogen-bond acceptors (Lipinski definition) is 6. The largest absolute Gasteiger partial charge is 0.508 e. The molecule has 35 heavy (non-hydrogen) atoms. The van der Waals surface area contributed by atoms with Gasteiger partial charge in [-0.15, -0.1) is 0 Å². The van der Waals surface area contributed by atoms with E-state index < -0.39 is 17.7 Å². The van der Waals surface area contributed by atoms with Crippen LogP contribution in [0, 0.1) is 17.2 Å². The molecular formula is C28H24N2O5. The number of nitriles is 1. The molecule has 3 aromatic carbocycles. The Kier molecular flexibility index (Phi) is 6.56. The monoisotopic (exact) mass is 468 g/mol. The van der Waals surface area contributed by atoms with Crippen molar-refractivity contribution in [1.82, 2.24) is 0 Å². The van der Waals surface area contributed by atoms with Crippen LogP contribution in [0.1, 0.15) is 36.6 Å². The van der Waals surface area contributed by atoms with Crippen LogP contribution in [0.25, 0.3) is 5.76 Å². The lowest BCUT2D eigenvalue weighted by Gasteiger charge is -2.25. The summed E-state index contributed by atoms with van der Waals surface area (Å²) in [5, 5.41) is 30.5. The Morgan fingerprint density at radius 3 is 2.43 bits per heavy atom. The van der Waals surface area contributed by atoms with Crippen molar-refractivity contribution in [2.75, 3.05) is 11.5 Å². The second kappa shape index (κ2) is 9.74. The van der Waals surface area contributed by atoms with Gasteiger partial charge in [0.2, 0.25) is 0 Å². The van der Waals surface area contributed by atoms with Gasteiger partial charge in [0.15, 0.2) is 0 Å². The van der Waals surface area contributed by atoms with Crippen LogP contribution in [0.2, 0.25) is 0 Å². The van der Waals surface area contributed by atoms with Gasteiger partial charge in [0.25, 0.3) is 11.7 Å². The Morgan fingerprint density at radius 2 is 1.77 bits per heavy atom. The number of amides is 1. The summed E-state index contributed by atoms with van der Waals surface area (Å²) in [6.07, 6.45) is 0. The summed E-state index contributed by atoms with van der Waals surface area (Å²) in [7, 11) is 0. The lowest BCUT2D eigenvalue weighted by atomic mass is 9.95. The Bertz CT molecular complexity index is 1350. The molecule has 0 spiro atoms. The first kappa shape index (κ1) is 23.6. The molecule has 176 valence electrons. The number of nitrogens with zero attached hydrogens (tertiary/aromatic N) is 2. The summed E-state index contributed by atoms with van der Waals surface area (Å²) in [6, 6.07) is 20.2. The second-order valence-electron chi connectivity index (χ2n) is 8.66. The first-order valence-electron chi connectivity index (χ1n) is 11.1. The zero-order valence-corrected chi connectivity index (χ0v) is 19.3. The predicted octanol–water partition coefficient (Wildman–Crippen LogP) is 4.92. The number of ether oxygens (including phenoxy) is 1. The number of anilines is 1. The van der Waals surface area contributed by atoms with Crippen LogP contribution < -0.4 is 9.64 Å². The van der Waals surface area contributed by atoms with Gasteiger partial charge < -0.3 is 14.9 Å². The number of benzene rings is 3. The molecule has 0 aromatic heterocycles. The first-order valence-corrected chi connectivity index (χ1v) is 11.1. The molecule has 0 radical (unpaired) electrons. The lowest BCUT2D eigenvalue weighted by molar-refractivity contribution is -0.132. The van der Waals surface area contributed by atoms with Crippen LogP contribution in [0.4, 0.5) is 5.69 Å². The highest BCUT2D eigenvalue weighted by atomic mass is 16.5. The molecule has 0 aliphatic carbocycles. The van der Waals surface area contributed by atoms with Crippen molar-refractivity contribution >= 4 is 23.1 Å². The Labute approximate surface area is 203 Å². The SMILES string of the molecule is CC(C)COc1cccc(/C(O)=C2/C(=O)C(=O)N(c3ccc(C#N)cc3)C2c2cccc(O)c2)c1. The first-order chi connectivity index (χ1) is 16.8. The van der Waals surface area contributed by atoms with Crippen molar-refractivity contribution in [2.45, 2.75) is 19.9 Å². The van der Waals surface area contributed by atoms with E-state index in [-0.39, 0.29) is 17.1 Å². The second-order valence-corrected chi connectivity index (χ2v) is 8.66. The lowest BCUT2D eigenvalue weighted by Crippen LogP contribution is -2.29. The highest BCUT2D eigenvalue weighted by Gasteiger charge is 2.47. The number of carbonyl (C=O) groups is 2. The maximum absolute atomic E-state index is 13.2. The van der Waals surface area contributed by atoms with E-state index in [0.29, 0.717) is 40.7 Å². The summed E-state index contributed by atoms with van der Waals surface area (Å²) >= 11 is 0. The maximum Gasteiger partial charge on any atom is 0.300 e. The predicted molar refractivity (Wildman–Crippen MR) is 131 cm³/mol. The topological polar surface area (TPSA) is 111 Å². The summed E-state index contributed by atoms with van der Waals surface area (Å²) in [4.78, 5) is 27.7. The minimum Gasteiger partial charge on any atom is -0.508 e. The van der Waals surface area contributed by atoms with Gasteiger partial charge in [0.1, 0.15) is 17.3 Å². The normalized spacial score (nSPS) is 17.0. The summed E-state index contributed by atoms with van der Waals surface area (Å²) in [5.41, 5.74) is 1.45. The van der Waals surface area contributed by atoms with E-state index in [1.807, 2.05) is 19.9 Å². The molecule has 4 rings (SSSR count). The van der Waals surface area contributed by atoms with Gasteiger partial charge in [0.05, 0.1) is 29.9 Å². The molecule has 2 N–H and O–H groups in total. The Balaban J connectivity index is 1.86. The molecule has 1 amide bonds. The molecule has 7 heteroatoms. The van der Waals surface area contributed by atoms with Crippen molar-refractivity contribution in [1.29, 1.82) is 5.26 Å². The molecule has 3 aromatic rings. The summed E-state index contributed by atoms with van der Waals surface area (Å²) < 4.78 is 5.75. The Morgan fingerprint density at radius 1 is 1.06 bits per heavy atom. The molecule has 1 saturated heterocycles. The summed E-state index contributed by atoms with van der Waals surface area (Å²) in [5.74, 6) is -1.24. The number of aromatic hydroxyl groups is 1. The van der Waals surface area contributed by atoms with Gasteiger partial charge in [-0.25, -0.2) is 0 Å². The Hall–Kier alpha value is -4.57. The van der Waals surface area contributed by atoms with Crippen LogP contribution >= 0.6 is 0 Å². The van der Waals surface area contributed by atoms with Crippen LogP contribution in [0.5, 0.6) is 11.5 Å². The quantitative estimate of drug-likeness (QED) is 0.302. The standard InChI is InChI=1S/C28H24N2O5/c1-17(2)16-35-23-8-4-6-20(14-23)26(32)24-25(19-5-3-7-22(31)13-19)30(28(34)27(24)33)21-11-9-18(15-29)10-12-21/h3-14,17,25,31-32H,16H2,1-2H3/b26-24-. The van der Waals surface area contributed by atoms with Gasteiger partial charge in [-0.3, -0.25) is 14.5 Å². The number of rotatable bonds is 6. The van der Waals surface area contributed by atoms with Crippen molar-refractivity contribution in [2.24, 2.45) is 5.92 Å². The van der Waals surface area contributed by atoms with Crippen LogP contribution in [-0.2, 0) is 9.59 Å². The third kappa shape index (κ3) is 4.73. The van der Waals surface area contributed by atoms with E-state index in [2.05, 4.69) is 0 Å². The number of aliphatic hydroxyl groups excluding tert-OH is 1. The molecular weight excluding hydrogens is 444 g/mol. The zero-order chi connectivity index (χ0) is 25.1. The fourth-order valence-corrected chi connectivity index (χ4v) is 3.96. The smallest absolute Gasteiger partial charge is 0.300 e. The van der Waals surface area contributed by atoms with Gasteiger partial charge in [-0.1, -0.05) is 38.1 Å². The number of Topliss-reactive ketones (excluding diaryl/α,β-unsaturated/α-hetero) is 1. The van der Waals surface area contributed by atoms with Crippen molar-refractivity contribution in [3.05, 3.63) is 95.1 Å². The molecule has 1 heterocycles.